The Morgan fingerprint density at radius 2 is 1.82 bits per heavy atom. The Hall–Kier alpha value is -2.80. The van der Waals surface area contributed by atoms with E-state index in [1.54, 1.807) is 0 Å². The number of hydrogen-bond acceptors (Lipinski definition) is 5. The van der Waals surface area contributed by atoms with Crippen molar-refractivity contribution in [2.24, 2.45) is 0 Å². The molecule has 0 aliphatic heterocycles. The minimum absolute atomic E-state index is 0.0154. The fourth-order valence-corrected chi connectivity index (χ4v) is 3.58. The van der Waals surface area contributed by atoms with E-state index in [2.05, 4.69) is 27.6 Å². The third kappa shape index (κ3) is 5.13. The average molecular weight is 397 g/mol. The highest BCUT2D eigenvalue weighted by Crippen LogP contribution is 2.25. The van der Waals surface area contributed by atoms with Crippen LogP contribution in [-0.4, -0.2) is 39.6 Å². The van der Waals surface area contributed by atoms with E-state index in [-0.39, 0.29) is 5.91 Å². The third-order valence-corrected chi connectivity index (χ3v) is 4.95. The monoisotopic (exact) mass is 396 g/mol. The fraction of sp³-hybridized carbons (Fsp3) is 0.286. The van der Waals surface area contributed by atoms with Crippen molar-refractivity contribution in [3.05, 3.63) is 66.0 Å². The van der Waals surface area contributed by atoms with Crippen LogP contribution in [0.5, 0.6) is 5.75 Å². The third-order valence-electron chi connectivity index (χ3n) is 4.02. The molecule has 28 heavy (non-hydrogen) atoms. The predicted octanol–water partition coefficient (Wildman–Crippen LogP) is 3.49. The summed E-state index contributed by atoms with van der Waals surface area (Å²) >= 11 is 1.38. The molecule has 1 amide bonds. The zero-order chi connectivity index (χ0) is 19.8. The van der Waals surface area contributed by atoms with Crippen LogP contribution >= 0.6 is 11.8 Å². The van der Waals surface area contributed by atoms with Crippen LogP contribution in [0, 0.1) is 0 Å². The summed E-state index contributed by atoms with van der Waals surface area (Å²) in [6.07, 6.45) is 0.656. The standard InChI is InChI=1S/C21H24N4O2S/c1-3-22-20(26)15-28-21-24-23-19(14-16-8-6-5-7-9-16)25(21)17-10-12-18(13-11-17)27-4-2/h5-13H,3-4,14-15H2,1-2H3,(H,22,26). The molecule has 0 fully saturated rings. The lowest BCUT2D eigenvalue weighted by atomic mass is 10.1. The summed E-state index contributed by atoms with van der Waals surface area (Å²) in [6, 6.07) is 18.0. The Bertz CT molecular complexity index is 895. The molecule has 0 atom stereocenters. The van der Waals surface area contributed by atoms with E-state index in [9.17, 15) is 4.79 Å². The van der Waals surface area contributed by atoms with Crippen molar-refractivity contribution in [1.82, 2.24) is 20.1 Å². The maximum Gasteiger partial charge on any atom is 0.230 e. The highest BCUT2D eigenvalue weighted by molar-refractivity contribution is 7.99. The highest BCUT2D eigenvalue weighted by atomic mass is 32.2. The van der Waals surface area contributed by atoms with Crippen LogP contribution in [0.3, 0.4) is 0 Å². The van der Waals surface area contributed by atoms with Crippen LogP contribution in [0.2, 0.25) is 0 Å². The van der Waals surface area contributed by atoms with Gasteiger partial charge in [-0.25, -0.2) is 0 Å². The summed E-state index contributed by atoms with van der Waals surface area (Å²) in [6.45, 7) is 5.10. The van der Waals surface area contributed by atoms with Crippen LogP contribution in [0.15, 0.2) is 59.8 Å². The molecule has 0 aliphatic carbocycles. The number of thioether (sulfide) groups is 1. The average Bonchev–Trinajstić information content (AvgIpc) is 3.11. The molecule has 1 heterocycles. The molecule has 0 spiro atoms. The number of rotatable bonds is 9. The van der Waals surface area contributed by atoms with E-state index in [0.29, 0.717) is 30.5 Å². The Labute approximate surface area is 169 Å². The van der Waals surface area contributed by atoms with Gasteiger partial charge in [-0.05, 0) is 43.7 Å². The van der Waals surface area contributed by atoms with Gasteiger partial charge >= 0.3 is 0 Å². The number of carbonyl (C=O) groups excluding carboxylic acids is 1. The van der Waals surface area contributed by atoms with Crippen LogP contribution in [-0.2, 0) is 11.2 Å². The van der Waals surface area contributed by atoms with E-state index < -0.39 is 0 Å². The summed E-state index contributed by atoms with van der Waals surface area (Å²) in [5.41, 5.74) is 2.10. The van der Waals surface area contributed by atoms with Gasteiger partial charge in [0.2, 0.25) is 5.91 Å². The molecule has 3 aromatic rings. The molecule has 7 heteroatoms. The first-order valence-corrected chi connectivity index (χ1v) is 10.3. The fourth-order valence-electron chi connectivity index (χ4n) is 2.78. The number of nitrogens with one attached hydrogen (secondary N) is 1. The highest BCUT2D eigenvalue weighted by Gasteiger charge is 2.16. The Morgan fingerprint density at radius 3 is 2.50 bits per heavy atom. The van der Waals surface area contributed by atoms with Crippen LogP contribution in [0.25, 0.3) is 5.69 Å². The molecule has 1 aromatic heterocycles. The molecule has 3 rings (SSSR count). The van der Waals surface area contributed by atoms with Gasteiger partial charge in [-0.2, -0.15) is 0 Å². The summed E-state index contributed by atoms with van der Waals surface area (Å²) < 4.78 is 7.55. The van der Waals surface area contributed by atoms with Gasteiger partial charge in [0, 0.05) is 18.7 Å². The second kappa shape index (κ2) is 9.94. The SMILES string of the molecule is CCNC(=O)CSc1nnc(Cc2ccccc2)n1-c1ccc(OCC)cc1. The number of amides is 1. The lowest BCUT2D eigenvalue weighted by Gasteiger charge is -2.11. The van der Waals surface area contributed by atoms with Crippen molar-refractivity contribution >= 4 is 17.7 Å². The largest absolute Gasteiger partial charge is 0.494 e. The number of hydrogen-bond donors (Lipinski definition) is 1. The molecule has 0 radical (unpaired) electrons. The van der Waals surface area contributed by atoms with Gasteiger partial charge in [0.15, 0.2) is 5.16 Å². The van der Waals surface area contributed by atoms with E-state index in [4.69, 9.17) is 4.74 Å². The molecular weight excluding hydrogens is 372 g/mol. The molecule has 6 nitrogen and oxygen atoms in total. The van der Waals surface area contributed by atoms with Gasteiger partial charge in [0.25, 0.3) is 0 Å². The smallest absolute Gasteiger partial charge is 0.230 e. The number of benzene rings is 2. The van der Waals surface area contributed by atoms with Crippen molar-refractivity contribution in [2.45, 2.75) is 25.4 Å². The lowest BCUT2D eigenvalue weighted by molar-refractivity contribution is -0.118. The molecule has 0 unspecified atom stereocenters. The van der Waals surface area contributed by atoms with Crippen molar-refractivity contribution in [3.63, 3.8) is 0 Å². The molecule has 146 valence electrons. The molecule has 1 N–H and O–H groups in total. The van der Waals surface area contributed by atoms with E-state index in [1.807, 2.05) is 60.9 Å². The first-order chi connectivity index (χ1) is 13.7. The van der Waals surface area contributed by atoms with E-state index >= 15 is 0 Å². The Morgan fingerprint density at radius 1 is 1.07 bits per heavy atom. The first-order valence-electron chi connectivity index (χ1n) is 9.32. The summed E-state index contributed by atoms with van der Waals surface area (Å²) in [5.74, 6) is 1.93. The zero-order valence-electron chi connectivity index (χ0n) is 16.1. The quantitative estimate of drug-likeness (QED) is 0.561. The van der Waals surface area contributed by atoms with E-state index in [1.165, 1.54) is 11.8 Å². The van der Waals surface area contributed by atoms with Crippen LogP contribution in [0.1, 0.15) is 25.2 Å². The van der Waals surface area contributed by atoms with Gasteiger partial charge in [-0.1, -0.05) is 42.1 Å². The van der Waals surface area contributed by atoms with Crippen molar-refractivity contribution in [2.75, 3.05) is 18.9 Å². The lowest BCUT2D eigenvalue weighted by Crippen LogP contribution is -2.24. The van der Waals surface area contributed by atoms with Crippen molar-refractivity contribution in [3.8, 4) is 11.4 Å². The number of aromatic nitrogens is 3. The van der Waals surface area contributed by atoms with Crippen LogP contribution < -0.4 is 10.1 Å². The van der Waals surface area contributed by atoms with E-state index in [0.717, 1.165) is 22.8 Å². The predicted molar refractivity (Wildman–Crippen MR) is 111 cm³/mol. The van der Waals surface area contributed by atoms with Gasteiger partial charge in [0.1, 0.15) is 11.6 Å². The summed E-state index contributed by atoms with van der Waals surface area (Å²) in [4.78, 5) is 11.9. The van der Waals surface area contributed by atoms with Crippen molar-refractivity contribution in [1.29, 1.82) is 0 Å². The molecule has 0 aliphatic rings. The zero-order valence-corrected chi connectivity index (χ0v) is 16.9. The normalized spacial score (nSPS) is 10.6. The molecule has 2 aromatic carbocycles. The number of ether oxygens (including phenoxy) is 1. The number of carbonyl (C=O) groups is 1. The van der Waals surface area contributed by atoms with Gasteiger partial charge in [0.05, 0.1) is 12.4 Å². The molecular formula is C21H24N4O2S. The van der Waals surface area contributed by atoms with Gasteiger partial charge in [-0.15, -0.1) is 10.2 Å². The van der Waals surface area contributed by atoms with Crippen LogP contribution in [0.4, 0.5) is 0 Å². The second-order valence-corrected chi connectivity index (χ2v) is 7.01. The second-order valence-electron chi connectivity index (χ2n) is 6.07. The van der Waals surface area contributed by atoms with Gasteiger partial charge < -0.3 is 10.1 Å². The Balaban J connectivity index is 1.90. The maximum atomic E-state index is 11.9. The minimum Gasteiger partial charge on any atom is -0.494 e. The molecule has 0 saturated heterocycles. The summed E-state index contributed by atoms with van der Waals surface area (Å²) in [7, 11) is 0. The maximum absolute atomic E-state index is 11.9. The summed E-state index contributed by atoms with van der Waals surface area (Å²) in [5, 5.41) is 12.2. The molecule has 0 saturated carbocycles. The topological polar surface area (TPSA) is 69.0 Å². The van der Waals surface area contributed by atoms with Crippen molar-refractivity contribution < 1.29 is 9.53 Å². The Kier molecular flexibility index (Phi) is 7.08. The number of nitrogens with zero attached hydrogens (tertiary/aromatic N) is 3. The minimum atomic E-state index is -0.0154. The van der Waals surface area contributed by atoms with Gasteiger partial charge in [-0.3, -0.25) is 9.36 Å². The first kappa shape index (κ1) is 19.9. The molecule has 0 bridgehead atoms.